The van der Waals surface area contributed by atoms with Gasteiger partial charge in [-0.1, -0.05) is 37.5 Å². The third kappa shape index (κ3) is 5.34. The van der Waals surface area contributed by atoms with Crippen molar-refractivity contribution in [1.29, 1.82) is 0 Å². The Bertz CT molecular complexity index is 1310. The summed E-state index contributed by atoms with van der Waals surface area (Å²) in [4.78, 5) is 31.4. The maximum atomic E-state index is 13.4. The Morgan fingerprint density at radius 3 is 2.53 bits per heavy atom. The van der Waals surface area contributed by atoms with Crippen LogP contribution in [0.4, 0.5) is 5.69 Å². The molecule has 1 N–H and O–H groups in total. The summed E-state index contributed by atoms with van der Waals surface area (Å²) in [5, 5.41) is 5.79. The van der Waals surface area contributed by atoms with Crippen molar-refractivity contribution >= 4 is 39.8 Å². The maximum absolute atomic E-state index is 13.4. The van der Waals surface area contributed by atoms with Crippen LogP contribution < -0.4 is 5.32 Å². The summed E-state index contributed by atoms with van der Waals surface area (Å²) >= 11 is 1.59. The van der Waals surface area contributed by atoms with Gasteiger partial charge in [-0.2, -0.15) is 0 Å². The van der Waals surface area contributed by atoms with Gasteiger partial charge in [0.1, 0.15) is 0 Å². The highest BCUT2D eigenvalue weighted by Crippen LogP contribution is 2.30. The number of esters is 1. The average molecular weight is 473 g/mol. The van der Waals surface area contributed by atoms with E-state index in [-0.39, 0.29) is 11.9 Å². The number of pyridine rings is 1. The predicted octanol–water partition coefficient (Wildman–Crippen LogP) is 7.18. The van der Waals surface area contributed by atoms with Gasteiger partial charge < -0.3 is 10.1 Å². The Hall–Kier alpha value is -3.51. The van der Waals surface area contributed by atoms with Gasteiger partial charge in [-0.05, 0) is 73.7 Å². The van der Waals surface area contributed by atoms with Crippen molar-refractivity contribution in [3.8, 4) is 10.6 Å². The average Bonchev–Trinajstić information content (AvgIpc) is 3.37. The Kier molecular flexibility index (Phi) is 7.38. The lowest BCUT2D eigenvalue weighted by Crippen LogP contribution is -2.14. The van der Waals surface area contributed by atoms with E-state index < -0.39 is 0 Å². The standard InChI is InChI=1S/C28H28N2O3S/c1-4-5-6-13-33-28(32)20-9-11-21(12-10-20)29-27(31)23-17-24(25-8-7-14-34-25)30-26-19(3)15-18(2)16-22(23)26/h7-12,14-17H,4-6,13H2,1-3H3,(H,29,31). The van der Waals surface area contributed by atoms with Crippen LogP contribution in [-0.2, 0) is 4.74 Å². The van der Waals surface area contributed by atoms with Crippen LogP contribution in [0, 0.1) is 13.8 Å². The number of hydrogen-bond acceptors (Lipinski definition) is 5. The number of nitrogens with one attached hydrogen (secondary N) is 1. The molecule has 2 heterocycles. The van der Waals surface area contributed by atoms with Crippen molar-refractivity contribution in [3.05, 3.63) is 82.2 Å². The van der Waals surface area contributed by atoms with Gasteiger partial charge in [0, 0.05) is 11.1 Å². The largest absolute Gasteiger partial charge is 0.462 e. The first-order chi connectivity index (χ1) is 16.5. The first-order valence-corrected chi connectivity index (χ1v) is 12.4. The highest BCUT2D eigenvalue weighted by molar-refractivity contribution is 7.13. The monoisotopic (exact) mass is 472 g/mol. The zero-order valence-electron chi connectivity index (χ0n) is 19.7. The SMILES string of the molecule is CCCCCOC(=O)c1ccc(NC(=O)c2cc(-c3cccs3)nc3c(C)cc(C)cc23)cc1. The number of carbonyl (C=O) groups excluding carboxylic acids is 2. The molecule has 2 aromatic carbocycles. The summed E-state index contributed by atoms with van der Waals surface area (Å²) in [6, 6.07) is 16.7. The van der Waals surface area contributed by atoms with Gasteiger partial charge in [0.25, 0.3) is 5.91 Å². The van der Waals surface area contributed by atoms with E-state index in [1.807, 2.05) is 43.5 Å². The van der Waals surface area contributed by atoms with Gasteiger partial charge in [-0.3, -0.25) is 4.79 Å². The smallest absolute Gasteiger partial charge is 0.338 e. The molecule has 0 fully saturated rings. The van der Waals surface area contributed by atoms with Crippen molar-refractivity contribution in [1.82, 2.24) is 4.98 Å². The third-order valence-electron chi connectivity index (χ3n) is 5.63. The highest BCUT2D eigenvalue weighted by Gasteiger charge is 2.17. The van der Waals surface area contributed by atoms with E-state index in [2.05, 4.69) is 18.3 Å². The molecule has 0 aliphatic heterocycles. The second-order valence-corrected chi connectivity index (χ2v) is 9.33. The molecule has 0 atom stereocenters. The maximum Gasteiger partial charge on any atom is 0.338 e. The summed E-state index contributed by atoms with van der Waals surface area (Å²) in [5.74, 6) is -0.564. The molecule has 0 unspecified atom stereocenters. The van der Waals surface area contributed by atoms with Gasteiger partial charge in [0.05, 0.1) is 33.8 Å². The first kappa shape index (κ1) is 23.6. The molecule has 0 saturated carbocycles. The van der Waals surface area contributed by atoms with Gasteiger partial charge >= 0.3 is 5.97 Å². The van der Waals surface area contributed by atoms with Crippen LogP contribution >= 0.6 is 11.3 Å². The minimum Gasteiger partial charge on any atom is -0.462 e. The van der Waals surface area contributed by atoms with E-state index in [4.69, 9.17) is 9.72 Å². The molecule has 4 rings (SSSR count). The van der Waals surface area contributed by atoms with Crippen molar-refractivity contribution in [2.24, 2.45) is 0 Å². The minimum absolute atomic E-state index is 0.218. The predicted molar refractivity (Wildman–Crippen MR) is 139 cm³/mol. The van der Waals surface area contributed by atoms with Crippen molar-refractivity contribution in [2.45, 2.75) is 40.0 Å². The van der Waals surface area contributed by atoms with Crippen molar-refractivity contribution in [3.63, 3.8) is 0 Å². The summed E-state index contributed by atoms with van der Waals surface area (Å²) in [6.45, 7) is 6.56. The number of hydrogen-bond donors (Lipinski definition) is 1. The molecule has 0 radical (unpaired) electrons. The summed E-state index contributed by atoms with van der Waals surface area (Å²) in [5.41, 5.74) is 5.36. The Morgan fingerprint density at radius 2 is 1.82 bits per heavy atom. The topological polar surface area (TPSA) is 68.3 Å². The number of fused-ring (bicyclic) bond motifs is 1. The van der Waals surface area contributed by atoms with Crippen LogP contribution in [0.5, 0.6) is 0 Å². The summed E-state index contributed by atoms with van der Waals surface area (Å²) < 4.78 is 5.31. The van der Waals surface area contributed by atoms with E-state index >= 15 is 0 Å². The third-order valence-corrected chi connectivity index (χ3v) is 6.52. The van der Waals surface area contributed by atoms with Gasteiger partial charge in [-0.25, -0.2) is 9.78 Å². The van der Waals surface area contributed by atoms with Crippen LogP contribution in [0.15, 0.2) is 60.0 Å². The molecule has 0 aliphatic rings. The molecule has 0 spiro atoms. The van der Waals surface area contributed by atoms with Crippen LogP contribution in [0.25, 0.3) is 21.5 Å². The Balaban J connectivity index is 1.59. The number of thiophene rings is 1. The highest BCUT2D eigenvalue weighted by atomic mass is 32.1. The van der Waals surface area contributed by atoms with Crippen LogP contribution in [0.1, 0.15) is 58.0 Å². The fourth-order valence-corrected chi connectivity index (χ4v) is 4.59. The second-order valence-electron chi connectivity index (χ2n) is 8.38. The number of rotatable bonds is 8. The van der Waals surface area contributed by atoms with Crippen LogP contribution in [0.2, 0.25) is 0 Å². The molecule has 4 aromatic rings. The number of aromatic nitrogens is 1. The molecule has 0 saturated heterocycles. The van der Waals surface area contributed by atoms with E-state index in [0.717, 1.165) is 51.9 Å². The molecule has 6 heteroatoms. The molecule has 34 heavy (non-hydrogen) atoms. The van der Waals surface area contributed by atoms with E-state index in [1.54, 1.807) is 35.6 Å². The first-order valence-electron chi connectivity index (χ1n) is 11.5. The van der Waals surface area contributed by atoms with Crippen LogP contribution in [-0.4, -0.2) is 23.5 Å². The van der Waals surface area contributed by atoms with E-state index in [0.29, 0.717) is 23.4 Å². The molecular formula is C28H28N2O3S. The summed E-state index contributed by atoms with van der Waals surface area (Å²) in [6.07, 6.45) is 2.98. The number of carbonyl (C=O) groups is 2. The zero-order valence-corrected chi connectivity index (χ0v) is 20.5. The number of amides is 1. The molecule has 1 amide bonds. The number of nitrogens with zero attached hydrogens (tertiary/aromatic N) is 1. The normalized spacial score (nSPS) is 10.9. The second kappa shape index (κ2) is 10.6. The lowest BCUT2D eigenvalue weighted by atomic mass is 10.0. The Morgan fingerprint density at radius 1 is 1.03 bits per heavy atom. The molecule has 0 aliphatic carbocycles. The molecule has 174 valence electrons. The Labute approximate surface area is 203 Å². The van der Waals surface area contributed by atoms with Crippen LogP contribution in [0.3, 0.4) is 0 Å². The number of unbranched alkanes of at least 4 members (excludes halogenated alkanes) is 2. The van der Waals surface area contributed by atoms with Gasteiger partial charge in [0.15, 0.2) is 0 Å². The molecule has 5 nitrogen and oxygen atoms in total. The number of anilines is 1. The fraction of sp³-hybridized carbons (Fsp3) is 0.250. The lowest BCUT2D eigenvalue weighted by molar-refractivity contribution is 0.0498. The molecule has 0 bridgehead atoms. The van der Waals surface area contributed by atoms with Crippen molar-refractivity contribution in [2.75, 3.05) is 11.9 Å². The quantitative estimate of drug-likeness (QED) is 0.218. The summed E-state index contributed by atoms with van der Waals surface area (Å²) in [7, 11) is 0. The van der Waals surface area contributed by atoms with Gasteiger partial charge in [0.2, 0.25) is 0 Å². The van der Waals surface area contributed by atoms with Gasteiger partial charge in [-0.15, -0.1) is 11.3 Å². The zero-order chi connectivity index (χ0) is 24.1. The van der Waals surface area contributed by atoms with Crippen molar-refractivity contribution < 1.29 is 14.3 Å². The molecular weight excluding hydrogens is 444 g/mol. The van der Waals surface area contributed by atoms with E-state index in [9.17, 15) is 9.59 Å². The number of aryl methyl sites for hydroxylation is 2. The minimum atomic E-state index is -0.347. The fourth-order valence-electron chi connectivity index (χ4n) is 3.91. The number of ether oxygens (including phenoxy) is 1. The van der Waals surface area contributed by atoms with E-state index in [1.165, 1.54) is 0 Å². The number of benzene rings is 2. The lowest BCUT2D eigenvalue weighted by Gasteiger charge is -2.13. The molecule has 2 aromatic heterocycles.